The van der Waals surface area contributed by atoms with E-state index in [1.807, 2.05) is 0 Å². The lowest BCUT2D eigenvalue weighted by Gasteiger charge is -2.31. The van der Waals surface area contributed by atoms with Gasteiger partial charge in [0.25, 0.3) is 10.1 Å². The average Bonchev–Trinajstić information content (AvgIpc) is 2.54. The normalized spacial score (nSPS) is 14.8. The summed E-state index contributed by atoms with van der Waals surface area (Å²) in [5.74, 6) is 0.342. The van der Waals surface area contributed by atoms with Crippen LogP contribution in [0.5, 0.6) is 5.75 Å². The Morgan fingerprint density at radius 2 is 1.44 bits per heavy atom. The topological polar surface area (TPSA) is 52.6 Å². The van der Waals surface area contributed by atoms with Crippen molar-refractivity contribution in [2.75, 3.05) is 7.11 Å². The molecule has 8 heteroatoms. The Labute approximate surface area is 144 Å². The molecule has 0 saturated heterocycles. The van der Waals surface area contributed by atoms with Crippen molar-refractivity contribution in [2.24, 2.45) is 0 Å². The summed E-state index contributed by atoms with van der Waals surface area (Å²) in [5.41, 5.74) is -2.62. The van der Waals surface area contributed by atoms with Gasteiger partial charge in [0.05, 0.1) is 12.0 Å². The first-order valence-electron chi connectivity index (χ1n) is 7.23. The number of hydrogen-bond donors (Lipinski definition) is 0. The Balaban J connectivity index is 2.48. The van der Waals surface area contributed by atoms with Crippen LogP contribution >= 0.6 is 0 Å². The van der Waals surface area contributed by atoms with Gasteiger partial charge < -0.3 is 4.74 Å². The van der Waals surface area contributed by atoms with Gasteiger partial charge in [-0.25, -0.2) is 4.18 Å². The van der Waals surface area contributed by atoms with Crippen LogP contribution < -0.4 is 4.74 Å². The zero-order chi connectivity index (χ0) is 18.9. The van der Waals surface area contributed by atoms with E-state index in [4.69, 9.17) is 4.74 Å². The quantitative estimate of drug-likeness (QED) is 0.737. The van der Waals surface area contributed by atoms with Crippen LogP contribution in [0.25, 0.3) is 0 Å². The molecule has 136 valence electrons. The first kappa shape index (κ1) is 19.3. The van der Waals surface area contributed by atoms with E-state index in [-0.39, 0.29) is 10.5 Å². The van der Waals surface area contributed by atoms with Crippen LogP contribution in [0.1, 0.15) is 18.1 Å². The number of benzene rings is 2. The van der Waals surface area contributed by atoms with E-state index in [0.717, 1.165) is 17.7 Å². The van der Waals surface area contributed by atoms with Gasteiger partial charge in [0, 0.05) is 0 Å². The molecule has 0 radical (unpaired) electrons. The number of aryl methyl sites for hydroxylation is 1. The summed E-state index contributed by atoms with van der Waals surface area (Å²) < 4.78 is 75.3. The second-order valence-corrected chi connectivity index (χ2v) is 7.16. The van der Waals surface area contributed by atoms with Crippen LogP contribution in [0.2, 0.25) is 0 Å². The van der Waals surface area contributed by atoms with E-state index in [2.05, 4.69) is 4.18 Å². The minimum Gasteiger partial charge on any atom is -0.497 e. The maximum absolute atomic E-state index is 13.7. The number of rotatable bonds is 5. The van der Waals surface area contributed by atoms with Crippen molar-refractivity contribution in [2.45, 2.75) is 30.5 Å². The second-order valence-electron chi connectivity index (χ2n) is 5.61. The molecule has 0 saturated carbocycles. The Morgan fingerprint density at radius 1 is 0.920 bits per heavy atom. The van der Waals surface area contributed by atoms with E-state index < -0.39 is 21.9 Å². The van der Waals surface area contributed by atoms with E-state index in [0.29, 0.717) is 12.7 Å². The molecule has 25 heavy (non-hydrogen) atoms. The fraction of sp³-hybridized carbons (Fsp3) is 0.294. The number of alkyl halides is 3. The van der Waals surface area contributed by atoms with Crippen molar-refractivity contribution in [1.29, 1.82) is 0 Å². The molecule has 0 aliphatic rings. The molecule has 2 aromatic rings. The summed E-state index contributed by atoms with van der Waals surface area (Å²) in [5, 5.41) is 0. The minimum atomic E-state index is -4.96. The van der Waals surface area contributed by atoms with E-state index in [1.165, 1.54) is 43.5 Å². The summed E-state index contributed by atoms with van der Waals surface area (Å²) >= 11 is 0. The highest BCUT2D eigenvalue weighted by molar-refractivity contribution is 7.86. The largest absolute Gasteiger partial charge is 0.497 e. The predicted octanol–water partition coefficient (Wildman–Crippen LogP) is 4.19. The smallest absolute Gasteiger partial charge is 0.422 e. The van der Waals surface area contributed by atoms with Gasteiger partial charge in [-0.1, -0.05) is 29.8 Å². The van der Waals surface area contributed by atoms with Crippen molar-refractivity contribution in [3.63, 3.8) is 0 Å². The molecule has 0 aromatic heterocycles. The van der Waals surface area contributed by atoms with Gasteiger partial charge in [-0.2, -0.15) is 21.6 Å². The SMILES string of the molecule is COc1ccc(C(C)(OS(=O)(=O)c2ccc(C)cc2)C(F)(F)F)cc1. The van der Waals surface area contributed by atoms with Crippen LogP contribution in [-0.2, 0) is 19.9 Å². The van der Waals surface area contributed by atoms with Crippen LogP contribution in [0.15, 0.2) is 53.4 Å². The Bertz CT molecular complexity index is 828. The van der Waals surface area contributed by atoms with Crippen LogP contribution in [-0.4, -0.2) is 21.7 Å². The maximum atomic E-state index is 13.7. The van der Waals surface area contributed by atoms with Crippen LogP contribution in [0.4, 0.5) is 13.2 Å². The summed E-state index contributed by atoms with van der Waals surface area (Å²) in [7, 11) is -3.26. The Hall–Kier alpha value is -2.06. The molecule has 0 fully saturated rings. The zero-order valence-electron chi connectivity index (χ0n) is 13.8. The first-order chi connectivity index (χ1) is 11.5. The third-order valence-electron chi connectivity index (χ3n) is 3.77. The fourth-order valence-corrected chi connectivity index (χ4v) is 3.34. The Morgan fingerprint density at radius 3 is 1.88 bits per heavy atom. The highest BCUT2D eigenvalue weighted by atomic mass is 32.2. The summed E-state index contributed by atoms with van der Waals surface area (Å²) in [4.78, 5) is -0.345. The maximum Gasteiger partial charge on any atom is 0.422 e. The molecule has 0 bridgehead atoms. The molecule has 0 amide bonds. The molecule has 4 nitrogen and oxygen atoms in total. The highest BCUT2D eigenvalue weighted by Crippen LogP contribution is 2.44. The molecule has 0 spiro atoms. The molecular formula is C17H17F3O4S. The van der Waals surface area contributed by atoms with Gasteiger partial charge in [-0.15, -0.1) is 0 Å². The second kappa shape index (κ2) is 6.68. The molecule has 0 N–H and O–H groups in total. The lowest BCUT2D eigenvalue weighted by Crippen LogP contribution is -2.43. The van der Waals surface area contributed by atoms with Crippen molar-refractivity contribution >= 4 is 10.1 Å². The fourth-order valence-electron chi connectivity index (χ4n) is 2.14. The molecule has 0 heterocycles. The van der Waals surface area contributed by atoms with Crippen LogP contribution in [0, 0.1) is 6.92 Å². The van der Waals surface area contributed by atoms with Crippen molar-refractivity contribution in [3.8, 4) is 5.75 Å². The molecule has 1 unspecified atom stereocenters. The third-order valence-corrected chi connectivity index (χ3v) is 5.17. The van der Waals surface area contributed by atoms with E-state index in [9.17, 15) is 21.6 Å². The number of hydrogen-bond acceptors (Lipinski definition) is 4. The average molecular weight is 374 g/mol. The molecule has 2 aromatic carbocycles. The summed E-state index contributed by atoms with van der Waals surface area (Å²) in [6.07, 6.45) is -4.96. The van der Waals surface area contributed by atoms with Gasteiger partial charge in [0.2, 0.25) is 5.60 Å². The number of methoxy groups -OCH3 is 1. The van der Waals surface area contributed by atoms with Crippen molar-refractivity contribution in [1.82, 2.24) is 0 Å². The Kier molecular flexibility index (Phi) is 5.15. The summed E-state index contributed by atoms with van der Waals surface area (Å²) in [6.45, 7) is 2.41. The van der Waals surface area contributed by atoms with Gasteiger partial charge in [0.1, 0.15) is 5.75 Å². The standard InChI is InChI=1S/C17H17F3O4S/c1-12-4-10-15(11-5-12)25(21,22)24-16(2,17(18,19)20)13-6-8-14(23-3)9-7-13/h4-11H,1-3H3. The van der Waals surface area contributed by atoms with E-state index >= 15 is 0 Å². The third kappa shape index (κ3) is 3.96. The molecule has 1 atom stereocenters. The van der Waals surface area contributed by atoms with Gasteiger partial charge in [-0.05, 0) is 43.7 Å². The molecule has 0 aliphatic heterocycles. The number of ether oxygens (including phenoxy) is 1. The summed E-state index contributed by atoms with van der Waals surface area (Å²) in [6, 6.07) is 10.2. The lowest BCUT2D eigenvalue weighted by molar-refractivity contribution is -0.246. The van der Waals surface area contributed by atoms with Gasteiger partial charge in [0.15, 0.2) is 0 Å². The molecule has 0 aliphatic carbocycles. The zero-order valence-corrected chi connectivity index (χ0v) is 14.6. The van der Waals surface area contributed by atoms with Crippen LogP contribution in [0.3, 0.4) is 0 Å². The molecule has 2 rings (SSSR count). The first-order valence-corrected chi connectivity index (χ1v) is 8.64. The highest BCUT2D eigenvalue weighted by Gasteiger charge is 2.56. The van der Waals surface area contributed by atoms with Gasteiger partial charge in [-0.3, -0.25) is 0 Å². The minimum absolute atomic E-state index is 0.342. The predicted molar refractivity (Wildman–Crippen MR) is 85.9 cm³/mol. The lowest BCUT2D eigenvalue weighted by atomic mass is 9.95. The van der Waals surface area contributed by atoms with E-state index in [1.54, 1.807) is 6.92 Å². The van der Waals surface area contributed by atoms with Gasteiger partial charge >= 0.3 is 6.18 Å². The number of halogens is 3. The van der Waals surface area contributed by atoms with Crippen molar-refractivity contribution in [3.05, 3.63) is 59.7 Å². The monoisotopic (exact) mass is 374 g/mol. The van der Waals surface area contributed by atoms with Crippen molar-refractivity contribution < 1.29 is 30.5 Å². The molecular weight excluding hydrogens is 357 g/mol.